The summed E-state index contributed by atoms with van der Waals surface area (Å²) in [6.45, 7) is 2.20. The number of carbonyl (C=O) groups excluding carboxylic acids is 1. The van der Waals surface area contributed by atoms with Crippen molar-refractivity contribution in [3.8, 4) is 0 Å². The van der Waals surface area contributed by atoms with E-state index in [0.717, 1.165) is 31.0 Å². The molecule has 0 fully saturated rings. The van der Waals surface area contributed by atoms with E-state index in [1.54, 1.807) is 0 Å². The van der Waals surface area contributed by atoms with E-state index in [9.17, 15) is 19.3 Å². The van der Waals surface area contributed by atoms with Crippen molar-refractivity contribution in [1.82, 2.24) is 4.90 Å². The molecule has 0 aromatic heterocycles. The van der Waals surface area contributed by atoms with Gasteiger partial charge in [0.25, 0.3) is 11.6 Å². The van der Waals surface area contributed by atoms with Gasteiger partial charge in [-0.3, -0.25) is 14.9 Å². The van der Waals surface area contributed by atoms with E-state index in [1.807, 2.05) is 6.92 Å². The van der Waals surface area contributed by atoms with Crippen LogP contribution in [-0.2, 0) is 0 Å². The molecule has 0 aliphatic heterocycles. The molecule has 0 aliphatic carbocycles. The molecular formula is C13H17FN2O4. The fourth-order valence-corrected chi connectivity index (χ4v) is 1.79. The Kier molecular flexibility index (Phi) is 6.05. The van der Waals surface area contributed by atoms with E-state index in [4.69, 9.17) is 5.11 Å². The van der Waals surface area contributed by atoms with Crippen molar-refractivity contribution >= 4 is 11.6 Å². The Bertz CT molecular complexity index is 493. The summed E-state index contributed by atoms with van der Waals surface area (Å²) in [5, 5.41) is 19.9. The highest BCUT2D eigenvalue weighted by Gasteiger charge is 2.24. The van der Waals surface area contributed by atoms with Gasteiger partial charge in [0.1, 0.15) is 11.4 Å². The van der Waals surface area contributed by atoms with Crippen LogP contribution in [0.3, 0.4) is 0 Å². The number of benzene rings is 1. The molecule has 110 valence electrons. The number of nitro groups is 1. The normalized spacial score (nSPS) is 10.3. The van der Waals surface area contributed by atoms with Crippen molar-refractivity contribution in [2.75, 3.05) is 19.7 Å². The Labute approximate surface area is 116 Å². The van der Waals surface area contributed by atoms with Crippen LogP contribution in [0, 0.1) is 15.9 Å². The van der Waals surface area contributed by atoms with E-state index >= 15 is 0 Å². The molecule has 1 aromatic rings. The molecular weight excluding hydrogens is 267 g/mol. The number of unbranched alkanes of at least 4 members (excludes halogenated alkanes) is 1. The van der Waals surface area contributed by atoms with E-state index in [2.05, 4.69) is 0 Å². The van der Waals surface area contributed by atoms with Gasteiger partial charge in [-0.2, -0.15) is 0 Å². The van der Waals surface area contributed by atoms with Gasteiger partial charge >= 0.3 is 0 Å². The minimum absolute atomic E-state index is 0.0906. The molecule has 7 heteroatoms. The monoisotopic (exact) mass is 284 g/mol. The predicted octanol–water partition coefficient (Wildman–Crippen LogP) is 1.97. The van der Waals surface area contributed by atoms with E-state index < -0.39 is 22.3 Å². The molecule has 0 aliphatic rings. The lowest BCUT2D eigenvalue weighted by Crippen LogP contribution is -2.34. The zero-order chi connectivity index (χ0) is 15.1. The quantitative estimate of drug-likeness (QED) is 0.613. The van der Waals surface area contributed by atoms with Crippen molar-refractivity contribution in [2.45, 2.75) is 19.8 Å². The number of aliphatic hydroxyl groups excluding tert-OH is 1. The number of aliphatic hydroxyl groups is 1. The molecule has 20 heavy (non-hydrogen) atoms. The van der Waals surface area contributed by atoms with Gasteiger partial charge in [0.2, 0.25) is 0 Å². The summed E-state index contributed by atoms with van der Waals surface area (Å²) in [6.07, 6.45) is 1.57. The maximum atomic E-state index is 13.1. The second kappa shape index (κ2) is 7.54. The second-order valence-corrected chi connectivity index (χ2v) is 4.29. The average molecular weight is 284 g/mol. The summed E-state index contributed by atoms with van der Waals surface area (Å²) in [6, 6.07) is 2.84. The number of rotatable bonds is 7. The van der Waals surface area contributed by atoms with Crippen LogP contribution in [0.25, 0.3) is 0 Å². The van der Waals surface area contributed by atoms with Gasteiger partial charge < -0.3 is 10.0 Å². The SMILES string of the molecule is CCCCN(CCO)C(=O)c1ccc(F)cc1[N+](=O)[O-]. The van der Waals surface area contributed by atoms with Crippen molar-refractivity contribution in [3.05, 3.63) is 39.7 Å². The third-order valence-corrected chi connectivity index (χ3v) is 2.83. The first kappa shape index (κ1) is 16.0. The standard InChI is InChI=1S/C13H17FN2O4/c1-2-3-6-15(7-8-17)13(18)11-5-4-10(14)9-12(11)16(19)20/h4-5,9,17H,2-3,6-8H2,1H3. The van der Waals surface area contributed by atoms with Crippen LogP contribution in [0.5, 0.6) is 0 Å². The van der Waals surface area contributed by atoms with E-state index in [-0.39, 0.29) is 18.7 Å². The molecule has 0 atom stereocenters. The first-order valence-corrected chi connectivity index (χ1v) is 6.35. The number of hydrogen-bond donors (Lipinski definition) is 1. The fourth-order valence-electron chi connectivity index (χ4n) is 1.79. The van der Waals surface area contributed by atoms with Gasteiger partial charge in [-0.15, -0.1) is 0 Å². The van der Waals surface area contributed by atoms with Gasteiger partial charge in [-0.05, 0) is 18.6 Å². The van der Waals surface area contributed by atoms with Crippen molar-refractivity contribution < 1.29 is 19.2 Å². The highest BCUT2D eigenvalue weighted by atomic mass is 19.1. The minimum Gasteiger partial charge on any atom is -0.395 e. The van der Waals surface area contributed by atoms with Crippen molar-refractivity contribution in [3.63, 3.8) is 0 Å². The predicted molar refractivity (Wildman–Crippen MR) is 71.0 cm³/mol. The third kappa shape index (κ3) is 3.99. The van der Waals surface area contributed by atoms with Gasteiger partial charge in [-0.25, -0.2) is 4.39 Å². The molecule has 1 rings (SSSR count). The molecule has 0 saturated heterocycles. The molecule has 0 spiro atoms. The molecule has 1 N–H and O–H groups in total. The molecule has 0 saturated carbocycles. The molecule has 0 bridgehead atoms. The Hall–Kier alpha value is -2.02. The van der Waals surface area contributed by atoms with Crippen LogP contribution in [-0.4, -0.2) is 40.5 Å². The Morgan fingerprint density at radius 1 is 1.45 bits per heavy atom. The molecule has 0 unspecified atom stereocenters. The Morgan fingerprint density at radius 3 is 2.70 bits per heavy atom. The zero-order valence-corrected chi connectivity index (χ0v) is 11.2. The summed E-state index contributed by atoms with van der Waals surface area (Å²) in [5.74, 6) is -1.34. The van der Waals surface area contributed by atoms with Crippen LogP contribution >= 0.6 is 0 Å². The lowest BCUT2D eigenvalue weighted by Gasteiger charge is -2.21. The highest BCUT2D eigenvalue weighted by molar-refractivity contribution is 5.98. The van der Waals surface area contributed by atoms with Gasteiger partial charge in [-0.1, -0.05) is 13.3 Å². The Balaban J connectivity index is 3.07. The minimum atomic E-state index is -0.784. The van der Waals surface area contributed by atoms with Gasteiger partial charge in [0.15, 0.2) is 0 Å². The maximum Gasteiger partial charge on any atom is 0.285 e. The first-order chi connectivity index (χ1) is 9.51. The van der Waals surface area contributed by atoms with Crippen molar-refractivity contribution in [2.24, 2.45) is 0 Å². The highest BCUT2D eigenvalue weighted by Crippen LogP contribution is 2.21. The summed E-state index contributed by atoms with van der Waals surface area (Å²) in [4.78, 5) is 23.7. The summed E-state index contributed by atoms with van der Waals surface area (Å²) in [7, 11) is 0. The fraction of sp³-hybridized carbons (Fsp3) is 0.462. The lowest BCUT2D eigenvalue weighted by atomic mass is 10.1. The smallest absolute Gasteiger partial charge is 0.285 e. The molecule has 1 amide bonds. The molecule has 0 radical (unpaired) electrons. The number of nitro benzene ring substituents is 1. The topological polar surface area (TPSA) is 83.7 Å². The van der Waals surface area contributed by atoms with Crippen LogP contribution in [0.2, 0.25) is 0 Å². The lowest BCUT2D eigenvalue weighted by molar-refractivity contribution is -0.385. The average Bonchev–Trinajstić information content (AvgIpc) is 2.42. The first-order valence-electron chi connectivity index (χ1n) is 6.35. The summed E-state index contributed by atoms with van der Waals surface area (Å²) < 4.78 is 13.1. The molecule has 0 heterocycles. The summed E-state index contributed by atoms with van der Waals surface area (Å²) >= 11 is 0. The molecule has 1 aromatic carbocycles. The van der Waals surface area contributed by atoms with Crippen molar-refractivity contribution in [1.29, 1.82) is 0 Å². The van der Waals surface area contributed by atoms with Crippen LogP contribution in [0.1, 0.15) is 30.1 Å². The maximum absolute atomic E-state index is 13.1. The molecule has 6 nitrogen and oxygen atoms in total. The van der Waals surface area contributed by atoms with Crippen LogP contribution in [0.4, 0.5) is 10.1 Å². The van der Waals surface area contributed by atoms with Gasteiger partial charge in [0.05, 0.1) is 17.6 Å². The largest absolute Gasteiger partial charge is 0.395 e. The zero-order valence-electron chi connectivity index (χ0n) is 11.2. The number of amides is 1. The summed E-state index contributed by atoms with van der Waals surface area (Å²) in [5.41, 5.74) is -0.726. The number of halogens is 1. The van der Waals surface area contributed by atoms with E-state index in [0.29, 0.717) is 6.54 Å². The number of carbonyl (C=O) groups is 1. The van der Waals surface area contributed by atoms with Crippen LogP contribution < -0.4 is 0 Å². The third-order valence-electron chi connectivity index (χ3n) is 2.83. The number of hydrogen-bond acceptors (Lipinski definition) is 4. The van der Waals surface area contributed by atoms with Gasteiger partial charge in [0, 0.05) is 13.1 Å². The number of nitrogens with zero attached hydrogens (tertiary/aromatic N) is 2. The Morgan fingerprint density at radius 2 is 2.15 bits per heavy atom. The second-order valence-electron chi connectivity index (χ2n) is 4.29. The van der Waals surface area contributed by atoms with Crippen LogP contribution in [0.15, 0.2) is 18.2 Å². The van der Waals surface area contributed by atoms with E-state index in [1.165, 1.54) is 4.90 Å².